The first-order valence-electron chi connectivity index (χ1n) is 8.40. The molecule has 3 unspecified atom stereocenters. The van der Waals surface area contributed by atoms with Crippen molar-refractivity contribution in [2.24, 2.45) is 11.3 Å². The molecule has 0 aromatic heterocycles. The van der Waals surface area contributed by atoms with E-state index in [0.29, 0.717) is 5.41 Å². The van der Waals surface area contributed by atoms with Crippen molar-refractivity contribution in [2.75, 3.05) is 12.3 Å². The van der Waals surface area contributed by atoms with E-state index < -0.39 is 0 Å². The van der Waals surface area contributed by atoms with E-state index in [4.69, 9.17) is 0 Å². The molecule has 114 valence electrons. The summed E-state index contributed by atoms with van der Waals surface area (Å²) in [4.78, 5) is 0. The molecule has 0 spiro atoms. The molecule has 0 heterocycles. The lowest BCUT2D eigenvalue weighted by molar-refractivity contribution is 0.141. The molecule has 0 radical (unpaired) electrons. The zero-order chi connectivity index (χ0) is 14.3. The van der Waals surface area contributed by atoms with Gasteiger partial charge in [0.2, 0.25) is 0 Å². The van der Waals surface area contributed by atoms with E-state index in [1.807, 2.05) is 0 Å². The number of hydrogen-bond donors (Lipinski definition) is 1. The predicted octanol–water partition coefficient (Wildman–Crippen LogP) is 5.10. The van der Waals surface area contributed by atoms with Crippen molar-refractivity contribution in [3.05, 3.63) is 0 Å². The van der Waals surface area contributed by atoms with Gasteiger partial charge in [-0.3, -0.25) is 0 Å². The van der Waals surface area contributed by atoms with Gasteiger partial charge in [-0.2, -0.15) is 11.8 Å². The van der Waals surface area contributed by atoms with Crippen LogP contribution < -0.4 is 5.32 Å². The van der Waals surface area contributed by atoms with Gasteiger partial charge in [0.05, 0.1) is 0 Å². The largest absolute Gasteiger partial charge is 0.313 e. The quantitative estimate of drug-likeness (QED) is 0.665. The third kappa shape index (κ3) is 5.30. The average molecular weight is 286 g/mol. The maximum absolute atomic E-state index is 3.80. The molecule has 0 aliphatic heterocycles. The third-order valence-corrected chi connectivity index (χ3v) is 6.59. The van der Waals surface area contributed by atoms with E-state index >= 15 is 0 Å². The summed E-state index contributed by atoms with van der Waals surface area (Å²) < 4.78 is 0. The monoisotopic (exact) mass is 285 g/mol. The first kappa shape index (κ1) is 17.4. The van der Waals surface area contributed by atoms with Gasteiger partial charge in [0.15, 0.2) is 0 Å². The van der Waals surface area contributed by atoms with E-state index in [1.165, 1.54) is 50.8 Å². The number of hydrogen-bond acceptors (Lipinski definition) is 2. The van der Waals surface area contributed by atoms with Crippen LogP contribution in [-0.4, -0.2) is 23.6 Å². The van der Waals surface area contributed by atoms with E-state index in [0.717, 1.165) is 17.2 Å². The minimum absolute atomic E-state index is 0.529. The maximum Gasteiger partial charge on any atom is 0.0204 e. The second-order valence-electron chi connectivity index (χ2n) is 6.82. The molecule has 1 fully saturated rings. The highest BCUT2D eigenvalue weighted by Gasteiger charge is 2.36. The van der Waals surface area contributed by atoms with Crippen LogP contribution in [0.15, 0.2) is 0 Å². The van der Waals surface area contributed by atoms with Crippen LogP contribution in [0.4, 0.5) is 0 Å². The molecule has 1 aliphatic rings. The van der Waals surface area contributed by atoms with Crippen LogP contribution in [0, 0.1) is 11.3 Å². The summed E-state index contributed by atoms with van der Waals surface area (Å²) in [5.41, 5.74) is 0.529. The lowest BCUT2D eigenvalue weighted by Crippen LogP contribution is -2.45. The van der Waals surface area contributed by atoms with Gasteiger partial charge in [-0.15, -0.1) is 0 Å². The van der Waals surface area contributed by atoms with Crippen molar-refractivity contribution in [1.82, 2.24) is 5.32 Å². The molecule has 0 amide bonds. The highest BCUT2D eigenvalue weighted by Crippen LogP contribution is 2.43. The van der Waals surface area contributed by atoms with Gasteiger partial charge < -0.3 is 5.32 Å². The van der Waals surface area contributed by atoms with Crippen LogP contribution in [-0.2, 0) is 0 Å². The number of nitrogens with one attached hydrogen (secondary N) is 1. The zero-order valence-electron chi connectivity index (χ0n) is 13.8. The summed E-state index contributed by atoms with van der Waals surface area (Å²) in [6.45, 7) is 13.1. The predicted molar refractivity (Wildman–Crippen MR) is 90.0 cm³/mol. The summed E-state index contributed by atoms with van der Waals surface area (Å²) in [6, 6.07) is 0.764. The Balaban J connectivity index is 2.59. The lowest BCUT2D eigenvalue weighted by Gasteiger charge is -2.43. The summed E-state index contributed by atoms with van der Waals surface area (Å²) in [6.07, 6.45) is 8.11. The topological polar surface area (TPSA) is 12.0 Å². The van der Waals surface area contributed by atoms with Crippen molar-refractivity contribution in [1.29, 1.82) is 0 Å². The van der Waals surface area contributed by atoms with Crippen molar-refractivity contribution in [3.8, 4) is 0 Å². The number of thioether (sulfide) groups is 1. The Morgan fingerprint density at radius 1 is 1.11 bits per heavy atom. The van der Waals surface area contributed by atoms with Gasteiger partial charge >= 0.3 is 0 Å². The molecule has 1 nitrogen and oxygen atoms in total. The molecule has 0 aromatic carbocycles. The average Bonchev–Trinajstić information content (AvgIpc) is 2.43. The van der Waals surface area contributed by atoms with Gasteiger partial charge in [0.1, 0.15) is 0 Å². The highest BCUT2D eigenvalue weighted by molar-refractivity contribution is 7.99. The molecule has 0 aromatic rings. The maximum atomic E-state index is 3.80. The Hall–Kier alpha value is 0.310. The molecule has 0 bridgehead atoms. The molecule has 3 atom stereocenters. The molecule has 2 heteroatoms. The standard InChI is InChI=1S/C17H35NS/c1-6-11-18-15-10-9-14(17(4,5)8-3)13-16(15)19-12-7-2/h14-16,18H,6-13H2,1-5H3. The van der Waals surface area contributed by atoms with Gasteiger partial charge in [0.25, 0.3) is 0 Å². The van der Waals surface area contributed by atoms with Gasteiger partial charge in [-0.25, -0.2) is 0 Å². The van der Waals surface area contributed by atoms with Crippen molar-refractivity contribution in [3.63, 3.8) is 0 Å². The first-order valence-corrected chi connectivity index (χ1v) is 9.45. The number of rotatable bonds is 8. The summed E-state index contributed by atoms with van der Waals surface area (Å²) >= 11 is 2.22. The fraction of sp³-hybridized carbons (Fsp3) is 1.00. The van der Waals surface area contributed by atoms with E-state index in [1.54, 1.807) is 0 Å². The van der Waals surface area contributed by atoms with E-state index in [2.05, 4.69) is 51.7 Å². The van der Waals surface area contributed by atoms with Crippen LogP contribution in [0.2, 0.25) is 0 Å². The molecule has 1 rings (SSSR count). The van der Waals surface area contributed by atoms with Crippen LogP contribution in [0.3, 0.4) is 0 Å². The summed E-state index contributed by atoms with van der Waals surface area (Å²) in [5, 5.41) is 4.64. The van der Waals surface area contributed by atoms with Gasteiger partial charge in [-0.1, -0.05) is 41.0 Å². The second-order valence-corrected chi connectivity index (χ2v) is 8.17. The van der Waals surface area contributed by atoms with E-state index in [-0.39, 0.29) is 0 Å². The van der Waals surface area contributed by atoms with Crippen LogP contribution in [0.25, 0.3) is 0 Å². The summed E-state index contributed by atoms with van der Waals surface area (Å²) in [7, 11) is 0. The molecular weight excluding hydrogens is 250 g/mol. The second kappa shape index (κ2) is 8.56. The smallest absolute Gasteiger partial charge is 0.0204 e. The molecule has 1 N–H and O–H groups in total. The molecule has 1 saturated carbocycles. The first-order chi connectivity index (χ1) is 9.05. The Labute approximate surface area is 125 Å². The Kier molecular flexibility index (Phi) is 7.83. The van der Waals surface area contributed by atoms with Crippen LogP contribution in [0.1, 0.15) is 73.1 Å². The van der Waals surface area contributed by atoms with Crippen molar-refractivity contribution in [2.45, 2.75) is 84.4 Å². The fourth-order valence-electron chi connectivity index (χ4n) is 3.14. The van der Waals surface area contributed by atoms with Crippen LogP contribution >= 0.6 is 11.8 Å². The highest BCUT2D eigenvalue weighted by atomic mass is 32.2. The SMILES string of the molecule is CCCNC1CCC(C(C)(C)CC)CC1SCCC. The van der Waals surface area contributed by atoms with Crippen molar-refractivity contribution >= 4 is 11.8 Å². The molecule has 0 saturated heterocycles. The summed E-state index contributed by atoms with van der Waals surface area (Å²) in [5.74, 6) is 2.25. The molecular formula is C17H35NS. The minimum atomic E-state index is 0.529. The Morgan fingerprint density at radius 2 is 1.84 bits per heavy atom. The molecule has 19 heavy (non-hydrogen) atoms. The van der Waals surface area contributed by atoms with E-state index in [9.17, 15) is 0 Å². The fourth-order valence-corrected chi connectivity index (χ4v) is 4.52. The zero-order valence-corrected chi connectivity index (χ0v) is 14.6. The normalized spacial score (nSPS) is 28.6. The third-order valence-electron chi connectivity index (χ3n) is 5.00. The molecule has 1 aliphatic carbocycles. The van der Waals surface area contributed by atoms with Gasteiger partial charge in [-0.05, 0) is 55.7 Å². The lowest BCUT2D eigenvalue weighted by atomic mass is 9.68. The Morgan fingerprint density at radius 3 is 2.42 bits per heavy atom. The van der Waals surface area contributed by atoms with Crippen LogP contribution in [0.5, 0.6) is 0 Å². The minimum Gasteiger partial charge on any atom is -0.313 e. The van der Waals surface area contributed by atoms with Gasteiger partial charge in [0, 0.05) is 11.3 Å². The van der Waals surface area contributed by atoms with Crippen molar-refractivity contribution < 1.29 is 0 Å². The Bertz CT molecular complexity index is 239.